The fourth-order valence-electron chi connectivity index (χ4n) is 3.30. The van der Waals surface area contributed by atoms with Gasteiger partial charge in [-0.25, -0.2) is 0 Å². The van der Waals surface area contributed by atoms with Gasteiger partial charge in [0.25, 0.3) is 0 Å². The molecular formula is C14H20ClN2O3+. The van der Waals surface area contributed by atoms with Gasteiger partial charge >= 0.3 is 0 Å². The minimum absolute atomic E-state index is 0.00641. The summed E-state index contributed by atoms with van der Waals surface area (Å²) < 4.78 is 5.31. The topological polar surface area (TPSA) is 51.0 Å². The molecule has 0 radical (unpaired) electrons. The summed E-state index contributed by atoms with van der Waals surface area (Å²) in [7, 11) is 0. The molecule has 0 aromatic heterocycles. The Morgan fingerprint density at radius 1 is 1.25 bits per heavy atom. The summed E-state index contributed by atoms with van der Waals surface area (Å²) in [5.41, 5.74) is 0. The molecule has 3 aliphatic rings. The van der Waals surface area contributed by atoms with E-state index in [-0.39, 0.29) is 23.7 Å². The van der Waals surface area contributed by atoms with Crippen LogP contribution in [0.25, 0.3) is 0 Å². The maximum atomic E-state index is 12.4. The molecule has 20 heavy (non-hydrogen) atoms. The molecule has 2 saturated heterocycles. The molecule has 2 heterocycles. The fourth-order valence-corrected chi connectivity index (χ4v) is 3.55. The average molecular weight is 300 g/mol. The Labute approximate surface area is 123 Å². The number of nitrogens with one attached hydrogen (secondary N) is 1. The molecule has 1 N–H and O–H groups in total. The first-order valence-electron chi connectivity index (χ1n) is 7.28. The Morgan fingerprint density at radius 3 is 2.70 bits per heavy atom. The molecule has 6 heteroatoms. The quantitative estimate of drug-likeness (QED) is 0.710. The number of imide groups is 1. The Bertz CT molecular complexity index is 446. The molecule has 5 nitrogen and oxygen atoms in total. The maximum Gasteiger partial charge on any atom is 0.233 e. The molecule has 0 aromatic rings. The van der Waals surface area contributed by atoms with Crippen molar-refractivity contribution in [2.75, 3.05) is 39.4 Å². The van der Waals surface area contributed by atoms with Crippen LogP contribution in [0.15, 0.2) is 11.1 Å². The number of carbonyl (C=O) groups is 2. The highest BCUT2D eigenvalue weighted by molar-refractivity contribution is 6.30. The summed E-state index contributed by atoms with van der Waals surface area (Å²) in [4.78, 5) is 27.5. The summed E-state index contributed by atoms with van der Waals surface area (Å²) in [6, 6.07) is 0. The molecular weight excluding hydrogens is 280 g/mol. The second-order valence-electron chi connectivity index (χ2n) is 5.74. The van der Waals surface area contributed by atoms with Crippen LogP contribution in [0.2, 0.25) is 0 Å². The molecule has 0 unspecified atom stereocenters. The summed E-state index contributed by atoms with van der Waals surface area (Å²) in [5.74, 6) is -0.434. The third-order valence-corrected chi connectivity index (χ3v) is 4.86. The van der Waals surface area contributed by atoms with Gasteiger partial charge in [-0.15, -0.1) is 0 Å². The van der Waals surface area contributed by atoms with Gasteiger partial charge in [0.1, 0.15) is 13.1 Å². The van der Waals surface area contributed by atoms with Crippen molar-refractivity contribution in [3.05, 3.63) is 11.1 Å². The van der Waals surface area contributed by atoms with Crippen molar-refractivity contribution < 1.29 is 19.2 Å². The first-order valence-corrected chi connectivity index (χ1v) is 7.65. The third-order valence-electron chi connectivity index (χ3n) is 4.55. The summed E-state index contributed by atoms with van der Waals surface area (Å²) in [6.07, 6.45) is 3.01. The van der Waals surface area contributed by atoms with Crippen molar-refractivity contribution in [3.8, 4) is 0 Å². The van der Waals surface area contributed by atoms with E-state index in [2.05, 4.69) is 0 Å². The number of rotatable bonds is 3. The van der Waals surface area contributed by atoms with E-state index in [0.29, 0.717) is 24.4 Å². The van der Waals surface area contributed by atoms with E-state index in [0.717, 1.165) is 32.8 Å². The molecule has 110 valence electrons. The van der Waals surface area contributed by atoms with Crippen molar-refractivity contribution in [2.24, 2.45) is 11.8 Å². The number of hydrogen-bond donors (Lipinski definition) is 1. The van der Waals surface area contributed by atoms with Gasteiger partial charge in [0.2, 0.25) is 11.8 Å². The molecule has 0 bridgehead atoms. The second kappa shape index (κ2) is 5.84. The van der Waals surface area contributed by atoms with Gasteiger partial charge in [0.05, 0.1) is 38.1 Å². The van der Waals surface area contributed by atoms with Crippen LogP contribution in [0.4, 0.5) is 0 Å². The SMILES string of the molecule is O=C1[C@H]2CC=C(Cl)C[C@H]2C(=O)N1CC[NH+]1CCOCC1. The number of likely N-dealkylation sites (tertiary alicyclic amines) is 1. The maximum absolute atomic E-state index is 12.4. The number of quaternary nitrogens is 1. The number of morpholine rings is 1. The second-order valence-corrected chi connectivity index (χ2v) is 6.23. The average Bonchev–Trinajstić information content (AvgIpc) is 2.70. The van der Waals surface area contributed by atoms with E-state index in [1.807, 2.05) is 6.08 Å². The third kappa shape index (κ3) is 2.62. The lowest BCUT2D eigenvalue weighted by molar-refractivity contribution is -0.907. The van der Waals surface area contributed by atoms with E-state index in [4.69, 9.17) is 16.3 Å². The van der Waals surface area contributed by atoms with Crippen LogP contribution in [-0.2, 0) is 14.3 Å². The minimum atomic E-state index is -0.223. The summed E-state index contributed by atoms with van der Waals surface area (Å²) >= 11 is 6.00. The standard InChI is InChI=1S/C14H19ClN2O3/c15-10-1-2-11-12(9-10)14(19)17(13(11)18)4-3-16-5-7-20-8-6-16/h1,11-12H,2-9H2/p+1/t11-,12+/m0/s1. The van der Waals surface area contributed by atoms with E-state index >= 15 is 0 Å². The number of allylic oxidation sites excluding steroid dienone is 2. The van der Waals surface area contributed by atoms with E-state index in [1.54, 1.807) is 0 Å². The monoisotopic (exact) mass is 299 g/mol. The highest BCUT2D eigenvalue weighted by Crippen LogP contribution is 2.38. The smallest absolute Gasteiger partial charge is 0.233 e. The van der Waals surface area contributed by atoms with Crippen LogP contribution in [0.3, 0.4) is 0 Å². The number of fused-ring (bicyclic) bond motifs is 1. The molecule has 2 aliphatic heterocycles. The molecule has 0 saturated carbocycles. The van der Waals surface area contributed by atoms with E-state index < -0.39 is 0 Å². The molecule has 1 aliphatic carbocycles. The molecule has 2 fully saturated rings. The van der Waals surface area contributed by atoms with Crippen LogP contribution in [0, 0.1) is 11.8 Å². The number of ether oxygens (including phenoxy) is 1. The van der Waals surface area contributed by atoms with E-state index in [9.17, 15) is 9.59 Å². The van der Waals surface area contributed by atoms with Crippen LogP contribution in [0.5, 0.6) is 0 Å². The number of amides is 2. The van der Waals surface area contributed by atoms with Gasteiger partial charge < -0.3 is 9.64 Å². The van der Waals surface area contributed by atoms with Crippen molar-refractivity contribution in [1.82, 2.24) is 4.90 Å². The van der Waals surface area contributed by atoms with Gasteiger partial charge in [-0.2, -0.15) is 0 Å². The zero-order valence-corrected chi connectivity index (χ0v) is 12.2. The summed E-state index contributed by atoms with van der Waals surface area (Å²) in [5, 5.41) is 0.716. The molecule has 0 spiro atoms. The highest BCUT2D eigenvalue weighted by Gasteiger charge is 2.48. The van der Waals surface area contributed by atoms with E-state index in [1.165, 1.54) is 9.80 Å². The lowest BCUT2D eigenvalue weighted by atomic mass is 9.85. The van der Waals surface area contributed by atoms with Gasteiger partial charge in [0.15, 0.2) is 0 Å². The Morgan fingerprint density at radius 2 is 1.95 bits per heavy atom. The zero-order valence-electron chi connectivity index (χ0n) is 11.4. The predicted molar refractivity (Wildman–Crippen MR) is 73.3 cm³/mol. The Hall–Kier alpha value is -0.910. The first kappa shape index (κ1) is 14.0. The summed E-state index contributed by atoms with van der Waals surface area (Å²) in [6.45, 7) is 4.79. The van der Waals surface area contributed by atoms with Gasteiger partial charge in [-0.05, 0) is 12.8 Å². The van der Waals surface area contributed by atoms with Gasteiger partial charge in [-0.1, -0.05) is 17.7 Å². The highest BCUT2D eigenvalue weighted by atomic mass is 35.5. The van der Waals surface area contributed by atoms with Gasteiger partial charge in [-0.3, -0.25) is 14.5 Å². The van der Waals surface area contributed by atoms with Crippen LogP contribution in [-0.4, -0.2) is 56.1 Å². The number of nitrogens with zero attached hydrogens (tertiary/aromatic N) is 1. The number of carbonyl (C=O) groups excluding carboxylic acids is 2. The number of hydrogen-bond acceptors (Lipinski definition) is 3. The van der Waals surface area contributed by atoms with Crippen molar-refractivity contribution in [3.63, 3.8) is 0 Å². The van der Waals surface area contributed by atoms with Crippen LogP contribution >= 0.6 is 11.6 Å². The normalized spacial score (nSPS) is 31.4. The van der Waals surface area contributed by atoms with Crippen molar-refractivity contribution >= 4 is 23.4 Å². The molecule has 3 rings (SSSR count). The first-order chi connectivity index (χ1) is 9.66. The number of halogens is 1. The molecule has 2 amide bonds. The predicted octanol–water partition coefficient (Wildman–Crippen LogP) is -0.581. The van der Waals surface area contributed by atoms with Crippen LogP contribution in [0.1, 0.15) is 12.8 Å². The van der Waals surface area contributed by atoms with Gasteiger partial charge in [0, 0.05) is 5.03 Å². The Balaban J connectivity index is 1.60. The fraction of sp³-hybridized carbons (Fsp3) is 0.714. The molecule has 0 aromatic carbocycles. The van der Waals surface area contributed by atoms with Crippen LogP contribution < -0.4 is 4.90 Å². The lowest BCUT2D eigenvalue weighted by Crippen LogP contribution is -3.14. The minimum Gasteiger partial charge on any atom is -0.370 e. The largest absolute Gasteiger partial charge is 0.370 e. The van der Waals surface area contributed by atoms with Crippen molar-refractivity contribution in [2.45, 2.75) is 12.8 Å². The molecule has 2 atom stereocenters. The lowest BCUT2D eigenvalue weighted by Gasteiger charge is -2.25. The zero-order chi connectivity index (χ0) is 14.1. The Kier molecular flexibility index (Phi) is 4.10. The van der Waals surface area contributed by atoms with Crippen molar-refractivity contribution in [1.29, 1.82) is 0 Å².